The van der Waals surface area contributed by atoms with Crippen molar-refractivity contribution in [2.75, 3.05) is 39.0 Å². The van der Waals surface area contributed by atoms with Crippen LogP contribution in [0.15, 0.2) is 0 Å². The van der Waals surface area contributed by atoms with Gasteiger partial charge in [-0.15, -0.1) is 0 Å². The van der Waals surface area contributed by atoms with E-state index in [2.05, 4.69) is 29.0 Å². The highest BCUT2D eigenvalue weighted by atomic mass is 32.2. The average molecular weight is 285 g/mol. The fourth-order valence-electron chi connectivity index (χ4n) is 2.66. The molecule has 2 fully saturated rings. The van der Waals surface area contributed by atoms with E-state index in [-0.39, 0.29) is 11.3 Å². The minimum absolute atomic E-state index is 0.0929. The number of carbonyl (C=O) groups excluding carboxylic acids is 1. The summed E-state index contributed by atoms with van der Waals surface area (Å²) in [7, 11) is 0. The second kappa shape index (κ2) is 6.95. The molecular weight excluding hydrogens is 258 g/mol. The molecule has 2 rings (SSSR count). The first-order valence-electron chi connectivity index (χ1n) is 7.41. The van der Waals surface area contributed by atoms with Crippen LogP contribution in [0.5, 0.6) is 0 Å². The van der Waals surface area contributed by atoms with Crippen molar-refractivity contribution in [1.29, 1.82) is 0 Å². The van der Waals surface area contributed by atoms with E-state index in [9.17, 15) is 4.79 Å². The molecule has 1 N–H and O–H groups in total. The SMILES string of the molecule is CSC(=O)N[C@@H](CN1CCN(C2CC2)CC1)C(C)C. The van der Waals surface area contributed by atoms with Gasteiger partial charge in [-0.2, -0.15) is 0 Å². The number of hydrogen-bond donors (Lipinski definition) is 1. The zero-order chi connectivity index (χ0) is 13.8. The molecule has 1 saturated heterocycles. The molecule has 1 atom stereocenters. The van der Waals surface area contributed by atoms with Crippen LogP contribution in [0.3, 0.4) is 0 Å². The van der Waals surface area contributed by atoms with Gasteiger partial charge in [0.05, 0.1) is 0 Å². The number of nitrogens with zero attached hydrogens (tertiary/aromatic N) is 2. The van der Waals surface area contributed by atoms with E-state index in [1.54, 1.807) is 0 Å². The second-order valence-electron chi connectivity index (χ2n) is 6.05. The van der Waals surface area contributed by atoms with E-state index in [1.807, 2.05) is 6.26 Å². The van der Waals surface area contributed by atoms with Crippen LogP contribution in [0.1, 0.15) is 26.7 Å². The first-order valence-corrected chi connectivity index (χ1v) is 8.63. The van der Waals surface area contributed by atoms with Crippen molar-refractivity contribution in [1.82, 2.24) is 15.1 Å². The largest absolute Gasteiger partial charge is 0.343 e. The quantitative estimate of drug-likeness (QED) is 0.836. The molecule has 1 saturated carbocycles. The Hall–Kier alpha value is -0.260. The van der Waals surface area contributed by atoms with Gasteiger partial charge in [0, 0.05) is 44.8 Å². The van der Waals surface area contributed by atoms with E-state index >= 15 is 0 Å². The molecule has 0 aromatic rings. The zero-order valence-electron chi connectivity index (χ0n) is 12.4. The first kappa shape index (κ1) is 15.1. The van der Waals surface area contributed by atoms with Crippen molar-refractivity contribution < 1.29 is 4.79 Å². The highest BCUT2D eigenvalue weighted by molar-refractivity contribution is 8.12. The number of piperazine rings is 1. The fraction of sp³-hybridized carbons (Fsp3) is 0.929. The highest BCUT2D eigenvalue weighted by Crippen LogP contribution is 2.27. The Bertz CT molecular complexity index is 299. The summed E-state index contributed by atoms with van der Waals surface area (Å²) in [6.45, 7) is 10.1. The molecule has 0 aromatic carbocycles. The number of carbonyl (C=O) groups is 1. The van der Waals surface area contributed by atoms with Gasteiger partial charge in [0.15, 0.2) is 0 Å². The van der Waals surface area contributed by atoms with Gasteiger partial charge in [-0.05, 0) is 25.0 Å². The molecule has 0 spiro atoms. The third-order valence-corrected chi connectivity index (χ3v) is 4.71. The van der Waals surface area contributed by atoms with Crippen molar-refractivity contribution in [2.45, 2.75) is 38.8 Å². The Morgan fingerprint density at radius 2 is 1.89 bits per heavy atom. The van der Waals surface area contributed by atoms with Crippen molar-refractivity contribution in [3.8, 4) is 0 Å². The maximum Gasteiger partial charge on any atom is 0.279 e. The Morgan fingerprint density at radius 1 is 1.26 bits per heavy atom. The summed E-state index contributed by atoms with van der Waals surface area (Å²) in [4.78, 5) is 16.7. The Kier molecular flexibility index (Phi) is 5.54. The van der Waals surface area contributed by atoms with Gasteiger partial charge in [-0.1, -0.05) is 25.6 Å². The van der Waals surface area contributed by atoms with E-state index < -0.39 is 0 Å². The standard InChI is InChI=1S/C14H27N3OS/c1-11(2)13(15-14(18)19-3)10-16-6-8-17(9-7-16)12-4-5-12/h11-13H,4-10H2,1-3H3,(H,15,18)/t13-/m0/s1. The number of thioether (sulfide) groups is 1. The lowest BCUT2D eigenvalue weighted by Gasteiger charge is -2.37. The van der Waals surface area contributed by atoms with Crippen LogP contribution in [0, 0.1) is 5.92 Å². The lowest BCUT2D eigenvalue weighted by molar-refractivity contribution is 0.113. The van der Waals surface area contributed by atoms with Crippen molar-refractivity contribution in [2.24, 2.45) is 5.92 Å². The Morgan fingerprint density at radius 3 is 2.37 bits per heavy atom. The van der Waals surface area contributed by atoms with E-state index in [0.717, 1.165) is 25.7 Å². The maximum absolute atomic E-state index is 11.5. The molecule has 1 aliphatic carbocycles. The Labute approximate surface area is 121 Å². The molecule has 0 bridgehead atoms. The van der Waals surface area contributed by atoms with Gasteiger partial charge in [0.25, 0.3) is 5.24 Å². The van der Waals surface area contributed by atoms with Crippen molar-refractivity contribution in [3.05, 3.63) is 0 Å². The van der Waals surface area contributed by atoms with Crippen LogP contribution in [-0.2, 0) is 0 Å². The lowest BCUT2D eigenvalue weighted by atomic mass is 10.0. The summed E-state index contributed by atoms with van der Waals surface area (Å²) in [5, 5.41) is 3.22. The number of rotatable bonds is 5. The minimum Gasteiger partial charge on any atom is -0.343 e. The monoisotopic (exact) mass is 285 g/mol. The molecule has 110 valence electrons. The molecule has 19 heavy (non-hydrogen) atoms. The summed E-state index contributed by atoms with van der Waals surface area (Å²) in [5.41, 5.74) is 0. The van der Waals surface area contributed by atoms with Crippen LogP contribution < -0.4 is 5.32 Å². The molecule has 5 heteroatoms. The molecule has 0 radical (unpaired) electrons. The fourth-order valence-corrected chi connectivity index (χ4v) is 2.93. The summed E-state index contributed by atoms with van der Waals surface area (Å²) in [6.07, 6.45) is 4.64. The highest BCUT2D eigenvalue weighted by Gasteiger charge is 2.31. The third kappa shape index (κ3) is 4.65. The normalized spacial score (nSPS) is 23.6. The second-order valence-corrected chi connectivity index (χ2v) is 6.83. The predicted octanol–water partition coefficient (Wildman–Crippen LogP) is 1.86. The summed E-state index contributed by atoms with van der Waals surface area (Å²) in [6, 6.07) is 1.16. The molecule has 1 amide bonds. The van der Waals surface area contributed by atoms with Crippen LogP contribution in [-0.4, -0.2) is 66.1 Å². The molecule has 2 aliphatic rings. The predicted molar refractivity (Wildman–Crippen MR) is 81.7 cm³/mol. The summed E-state index contributed by atoms with van der Waals surface area (Å²) < 4.78 is 0. The van der Waals surface area contributed by atoms with Crippen LogP contribution >= 0.6 is 11.8 Å². The Balaban J connectivity index is 1.75. The topological polar surface area (TPSA) is 35.6 Å². The molecule has 1 heterocycles. The number of nitrogens with one attached hydrogen (secondary N) is 1. The minimum atomic E-state index is 0.0929. The van der Waals surface area contributed by atoms with Gasteiger partial charge in [0.1, 0.15) is 0 Å². The average Bonchev–Trinajstić information content (AvgIpc) is 3.23. The third-order valence-electron chi connectivity index (χ3n) is 4.22. The molecule has 0 unspecified atom stereocenters. The number of amides is 1. The van der Waals surface area contributed by atoms with E-state index in [0.29, 0.717) is 5.92 Å². The van der Waals surface area contributed by atoms with Gasteiger partial charge >= 0.3 is 0 Å². The maximum atomic E-state index is 11.5. The lowest BCUT2D eigenvalue weighted by Crippen LogP contribution is -2.52. The van der Waals surface area contributed by atoms with Gasteiger partial charge in [-0.3, -0.25) is 14.6 Å². The van der Waals surface area contributed by atoms with Crippen LogP contribution in [0.4, 0.5) is 4.79 Å². The molecule has 0 aromatic heterocycles. The van der Waals surface area contributed by atoms with Crippen molar-refractivity contribution >= 4 is 17.0 Å². The summed E-state index contributed by atoms with van der Waals surface area (Å²) in [5.74, 6) is 0.484. The van der Waals surface area contributed by atoms with Gasteiger partial charge in [-0.25, -0.2) is 0 Å². The number of hydrogen-bond acceptors (Lipinski definition) is 4. The van der Waals surface area contributed by atoms with Gasteiger partial charge in [0.2, 0.25) is 0 Å². The van der Waals surface area contributed by atoms with E-state index in [1.165, 1.54) is 37.7 Å². The smallest absolute Gasteiger partial charge is 0.279 e. The first-order chi connectivity index (χ1) is 9.10. The zero-order valence-corrected chi connectivity index (χ0v) is 13.2. The van der Waals surface area contributed by atoms with Crippen molar-refractivity contribution in [3.63, 3.8) is 0 Å². The van der Waals surface area contributed by atoms with E-state index in [4.69, 9.17) is 0 Å². The van der Waals surface area contributed by atoms with Crippen LogP contribution in [0.25, 0.3) is 0 Å². The molecule has 4 nitrogen and oxygen atoms in total. The molecular formula is C14H27N3OS. The van der Waals surface area contributed by atoms with Crippen LogP contribution in [0.2, 0.25) is 0 Å². The van der Waals surface area contributed by atoms with Gasteiger partial charge < -0.3 is 5.32 Å². The summed E-state index contributed by atoms with van der Waals surface area (Å²) >= 11 is 1.27. The molecule has 1 aliphatic heterocycles.